The number of imidazole rings is 1. The van der Waals surface area contributed by atoms with Gasteiger partial charge >= 0.3 is 5.76 Å². The predicted octanol–water partition coefficient (Wildman–Crippen LogP) is 4.74. The maximum Gasteiger partial charge on any atom is 0.434 e. The molecule has 0 spiro atoms. The summed E-state index contributed by atoms with van der Waals surface area (Å²) >= 11 is 0. The van der Waals surface area contributed by atoms with Crippen LogP contribution in [-0.2, 0) is 11.3 Å². The molecule has 1 saturated heterocycles. The molecular weight excluding hydrogens is 508 g/mol. The highest BCUT2D eigenvalue weighted by molar-refractivity contribution is 5.87. The third-order valence-corrected chi connectivity index (χ3v) is 10.00. The fourth-order valence-electron chi connectivity index (χ4n) is 7.33. The minimum Gasteiger partial charge on any atom is -0.384 e. The van der Waals surface area contributed by atoms with Gasteiger partial charge in [0.05, 0.1) is 18.8 Å². The van der Waals surface area contributed by atoms with E-state index >= 15 is 0 Å². The molecule has 4 aliphatic rings. The molecule has 216 valence electrons. The average molecular weight is 551 g/mol. The van der Waals surface area contributed by atoms with Gasteiger partial charge in [0, 0.05) is 19.1 Å². The van der Waals surface area contributed by atoms with Crippen molar-refractivity contribution in [1.82, 2.24) is 29.7 Å². The highest BCUT2D eigenvalue weighted by Gasteiger charge is 2.38. The van der Waals surface area contributed by atoms with Gasteiger partial charge in [0.15, 0.2) is 11.5 Å². The Bertz CT molecular complexity index is 1380. The van der Waals surface area contributed by atoms with Gasteiger partial charge < -0.3 is 23.9 Å². The highest BCUT2D eigenvalue weighted by atomic mass is 16.5. The number of H-pyrrole nitrogens is 1. The van der Waals surface area contributed by atoms with Gasteiger partial charge in [-0.15, -0.1) is 5.10 Å². The number of ether oxygens (including phenoxy) is 1. The summed E-state index contributed by atoms with van der Waals surface area (Å²) in [6.07, 6.45) is 13.7. The van der Waals surface area contributed by atoms with Crippen molar-refractivity contribution >= 4 is 22.9 Å². The van der Waals surface area contributed by atoms with Crippen molar-refractivity contribution < 1.29 is 9.15 Å². The molecule has 3 atom stereocenters. The summed E-state index contributed by atoms with van der Waals surface area (Å²) in [5, 5.41) is 10.1. The Morgan fingerprint density at radius 1 is 1.02 bits per heavy atom. The SMILES string of the molecule is CC1CCC(Cn2c(N3CCO[C@@H]4CCCC[C@@H]43)nc3nc(-c4n[nH]c(=O)o4)nc(N[C@H](C)C4CCC4)c32)CC1. The molecule has 0 unspecified atom stereocenters. The quantitative estimate of drug-likeness (QED) is 0.429. The van der Waals surface area contributed by atoms with Crippen molar-refractivity contribution in [1.29, 1.82) is 0 Å². The first-order valence-electron chi connectivity index (χ1n) is 15.5. The normalized spacial score (nSPS) is 28.3. The van der Waals surface area contributed by atoms with Crippen LogP contribution in [0.25, 0.3) is 22.9 Å². The van der Waals surface area contributed by atoms with Crippen LogP contribution in [0.3, 0.4) is 0 Å². The van der Waals surface area contributed by atoms with Gasteiger partial charge in [-0.05, 0) is 63.2 Å². The van der Waals surface area contributed by atoms with Crippen molar-refractivity contribution in [2.45, 2.75) is 109 Å². The number of aromatic nitrogens is 6. The van der Waals surface area contributed by atoms with Gasteiger partial charge in [-0.25, -0.2) is 19.9 Å². The van der Waals surface area contributed by atoms with Gasteiger partial charge in [-0.2, -0.15) is 4.98 Å². The van der Waals surface area contributed by atoms with Crippen LogP contribution >= 0.6 is 0 Å². The standard InChI is InChI=1S/C29H42N8O3/c1-17-10-12-19(13-11-17)16-37-23-24(30-18(2)20-6-5-7-20)31-26(27-34-35-29(38)40-27)32-25(23)33-28(37)36-14-15-39-22-9-4-3-8-21(22)36/h17-22H,3-16H2,1-2H3,(H,35,38)(H,30,31,32)/t17?,18-,19?,21+,22-/m1/s1. The summed E-state index contributed by atoms with van der Waals surface area (Å²) in [7, 11) is 0. The minimum absolute atomic E-state index is 0.0855. The van der Waals surface area contributed by atoms with E-state index in [1.54, 1.807) is 0 Å². The van der Waals surface area contributed by atoms with E-state index in [2.05, 4.69) is 38.8 Å². The van der Waals surface area contributed by atoms with E-state index in [1.165, 1.54) is 57.8 Å². The summed E-state index contributed by atoms with van der Waals surface area (Å²) in [6.45, 7) is 7.05. The Balaban J connectivity index is 1.36. The van der Waals surface area contributed by atoms with E-state index in [0.29, 0.717) is 30.1 Å². The lowest BCUT2D eigenvalue weighted by Gasteiger charge is -2.44. The van der Waals surface area contributed by atoms with Gasteiger partial charge in [-0.3, -0.25) is 0 Å². The Kier molecular flexibility index (Phi) is 7.01. The van der Waals surface area contributed by atoms with E-state index in [4.69, 9.17) is 24.1 Å². The maximum absolute atomic E-state index is 11.8. The van der Waals surface area contributed by atoms with Crippen LogP contribution < -0.4 is 16.0 Å². The first kappa shape index (κ1) is 26.0. The van der Waals surface area contributed by atoms with Gasteiger partial charge in [0.1, 0.15) is 5.52 Å². The first-order valence-corrected chi connectivity index (χ1v) is 15.5. The third kappa shape index (κ3) is 4.90. The van der Waals surface area contributed by atoms with Crippen LogP contribution in [0.15, 0.2) is 9.21 Å². The first-order chi connectivity index (χ1) is 19.5. The van der Waals surface area contributed by atoms with Crippen LogP contribution in [0.5, 0.6) is 0 Å². The van der Waals surface area contributed by atoms with Crippen LogP contribution in [0.1, 0.15) is 84.5 Å². The Labute approximate surface area is 234 Å². The summed E-state index contributed by atoms with van der Waals surface area (Å²) in [6, 6.07) is 0.589. The summed E-state index contributed by atoms with van der Waals surface area (Å²) in [5.41, 5.74) is 1.57. The van der Waals surface area contributed by atoms with Crippen LogP contribution in [0.4, 0.5) is 11.8 Å². The fourth-order valence-corrected chi connectivity index (χ4v) is 7.33. The molecule has 7 rings (SSSR count). The molecule has 3 aromatic heterocycles. The molecule has 3 saturated carbocycles. The third-order valence-electron chi connectivity index (χ3n) is 10.00. The molecule has 3 aliphatic carbocycles. The second kappa shape index (κ2) is 10.8. The largest absolute Gasteiger partial charge is 0.434 e. The number of aromatic amines is 1. The maximum atomic E-state index is 11.8. The van der Waals surface area contributed by atoms with E-state index < -0.39 is 5.76 Å². The second-order valence-electron chi connectivity index (χ2n) is 12.7. The van der Waals surface area contributed by atoms with Crippen molar-refractivity contribution in [3.05, 3.63) is 10.6 Å². The monoisotopic (exact) mass is 550 g/mol. The second-order valence-corrected chi connectivity index (χ2v) is 12.7. The molecule has 1 aliphatic heterocycles. The zero-order valence-electron chi connectivity index (χ0n) is 23.8. The molecule has 0 bridgehead atoms. The van der Waals surface area contributed by atoms with E-state index in [0.717, 1.165) is 49.1 Å². The zero-order chi connectivity index (χ0) is 27.2. The van der Waals surface area contributed by atoms with Crippen molar-refractivity contribution in [3.8, 4) is 11.7 Å². The number of nitrogens with one attached hydrogen (secondary N) is 2. The van der Waals surface area contributed by atoms with E-state index in [9.17, 15) is 4.79 Å². The summed E-state index contributed by atoms with van der Waals surface area (Å²) in [4.78, 5) is 29.3. The Morgan fingerprint density at radius 2 is 1.85 bits per heavy atom. The van der Waals surface area contributed by atoms with Crippen LogP contribution in [0, 0.1) is 17.8 Å². The van der Waals surface area contributed by atoms with Gasteiger partial charge in [0.25, 0.3) is 5.89 Å². The lowest BCUT2D eigenvalue weighted by molar-refractivity contribution is -0.00958. The Morgan fingerprint density at radius 3 is 2.60 bits per heavy atom. The lowest BCUT2D eigenvalue weighted by atomic mass is 9.80. The molecule has 4 fully saturated rings. The predicted molar refractivity (Wildman–Crippen MR) is 152 cm³/mol. The Hall–Kier alpha value is -2.95. The molecular formula is C29H42N8O3. The molecule has 2 N–H and O–H groups in total. The smallest absolute Gasteiger partial charge is 0.384 e. The molecule has 11 heteroatoms. The molecule has 0 radical (unpaired) electrons. The molecule has 3 aromatic rings. The minimum atomic E-state index is -0.620. The molecule has 4 heterocycles. The van der Waals surface area contributed by atoms with Crippen molar-refractivity contribution in [3.63, 3.8) is 0 Å². The number of morpholine rings is 1. The average Bonchev–Trinajstić information content (AvgIpc) is 3.52. The number of hydrogen-bond acceptors (Lipinski definition) is 9. The van der Waals surface area contributed by atoms with Crippen LogP contribution in [-0.4, -0.2) is 61.1 Å². The summed E-state index contributed by atoms with van der Waals surface area (Å²) in [5.74, 6) is 3.48. The molecule has 11 nitrogen and oxygen atoms in total. The number of anilines is 2. The summed E-state index contributed by atoms with van der Waals surface area (Å²) < 4.78 is 13.9. The van der Waals surface area contributed by atoms with Crippen LogP contribution in [0.2, 0.25) is 0 Å². The van der Waals surface area contributed by atoms with E-state index in [-0.39, 0.29) is 23.9 Å². The number of rotatable bonds is 7. The van der Waals surface area contributed by atoms with Crippen molar-refractivity contribution in [2.24, 2.45) is 17.8 Å². The molecule has 0 aromatic carbocycles. The fraction of sp³-hybridized carbons (Fsp3) is 0.759. The lowest BCUT2D eigenvalue weighted by Crippen LogP contribution is -2.53. The van der Waals surface area contributed by atoms with Gasteiger partial charge in [0.2, 0.25) is 11.8 Å². The number of hydrogen-bond donors (Lipinski definition) is 2. The van der Waals surface area contributed by atoms with Gasteiger partial charge in [-0.1, -0.05) is 39.0 Å². The molecule has 40 heavy (non-hydrogen) atoms. The number of fused-ring (bicyclic) bond motifs is 2. The van der Waals surface area contributed by atoms with Crippen molar-refractivity contribution in [2.75, 3.05) is 23.4 Å². The highest BCUT2D eigenvalue weighted by Crippen LogP contribution is 2.39. The number of nitrogens with zero attached hydrogens (tertiary/aromatic N) is 6. The molecule has 0 amide bonds. The zero-order valence-corrected chi connectivity index (χ0v) is 23.8. The topological polar surface area (TPSA) is 127 Å². The van der Waals surface area contributed by atoms with E-state index in [1.807, 2.05) is 0 Å².